The summed E-state index contributed by atoms with van der Waals surface area (Å²) in [4.78, 5) is 0. The van der Waals surface area contributed by atoms with E-state index in [0.29, 0.717) is 0 Å². The predicted octanol–water partition coefficient (Wildman–Crippen LogP) is 4.18. The fourth-order valence-electron chi connectivity index (χ4n) is 2.11. The van der Waals surface area contributed by atoms with Crippen LogP contribution in [0.25, 0.3) is 0 Å². The molecule has 0 aliphatic carbocycles. The molecule has 0 saturated carbocycles. The zero-order chi connectivity index (χ0) is 14.2. The van der Waals surface area contributed by atoms with E-state index in [-0.39, 0.29) is 0 Å². The number of aryl methyl sites for hydroxylation is 1. The highest BCUT2D eigenvalue weighted by molar-refractivity contribution is 9.10. The Morgan fingerprint density at radius 1 is 1.05 bits per heavy atom. The molecular formula is C17H20BrNO. The summed E-state index contributed by atoms with van der Waals surface area (Å²) in [6.45, 7) is 1.91. The summed E-state index contributed by atoms with van der Waals surface area (Å²) >= 11 is 3.51. The summed E-state index contributed by atoms with van der Waals surface area (Å²) in [5.74, 6) is 0.873. The van der Waals surface area contributed by atoms with Gasteiger partial charge in [0.25, 0.3) is 0 Å². The second kappa shape index (κ2) is 8.08. The highest BCUT2D eigenvalue weighted by atomic mass is 79.9. The van der Waals surface area contributed by atoms with Crippen molar-refractivity contribution in [3.8, 4) is 5.75 Å². The molecule has 0 fully saturated rings. The van der Waals surface area contributed by atoms with Crippen LogP contribution in [-0.2, 0) is 13.0 Å². The molecule has 0 radical (unpaired) electrons. The molecule has 2 aromatic rings. The zero-order valence-electron chi connectivity index (χ0n) is 11.7. The molecule has 2 nitrogen and oxygen atoms in total. The van der Waals surface area contributed by atoms with Crippen LogP contribution in [0.5, 0.6) is 5.75 Å². The molecule has 2 rings (SSSR count). The molecule has 20 heavy (non-hydrogen) atoms. The molecule has 0 spiro atoms. The minimum atomic E-state index is 0.873. The normalized spacial score (nSPS) is 10.5. The first-order valence-corrected chi connectivity index (χ1v) is 7.66. The van der Waals surface area contributed by atoms with Crippen LogP contribution in [0.15, 0.2) is 53.0 Å². The van der Waals surface area contributed by atoms with Crippen molar-refractivity contribution in [3.63, 3.8) is 0 Å². The molecule has 0 bridgehead atoms. The van der Waals surface area contributed by atoms with Crippen molar-refractivity contribution in [2.24, 2.45) is 0 Å². The largest absolute Gasteiger partial charge is 0.496 e. The lowest BCUT2D eigenvalue weighted by Crippen LogP contribution is -2.15. The number of rotatable bonds is 7. The number of halogens is 1. The van der Waals surface area contributed by atoms with Crippen LogP contribution in [0.3, 0.4) is 0 Å². The molecule has 0 unspecified atom stereocenters. The van der Waals surface area contributed by atoms with Crippen LogP contribution < -0.4 is 10.1 Å². The quantitative estimate of drug-likeness (QED) is 0.767. The fraction of sp³-hybridized carbons (Fsp3) is 0.294. The van der Waals surface area contributed by atoms with Crippen molar-refractivity contribution in [1.82, 2.24) is 5.32 Å². The lowest BCUT2D eigenvalue weighted by molar-refractivity contribution is 0.412. The SMILES string of the molecule is COc1ccc(CNCCCc2ccccc2)cc1Br. The second-order valence-electron chi connectivity index (χ2n) is 4.73. The van der Waals surface area contributed by atoms with Gasteiger partial charge in [0.05, 0.1) is 11.6 Å². The Morgan fingerprint density at radius 2 is 1.85 bits per heavy atom. The highest BCUT2D eigenvalue weighted by Gasteiger charge is 2.01. The molecule has 0 aliphatic heterocycles. The Bertz CT molecular complexity index is 528. The smallest absolute Gasteiger partial charge is 0.133 e. The number of ether oxygens (including phenoxy) is 1. The Balaban J connectivity index is 1.69. The number of benzene rings is 2. The van der Waals surface area contributed by atoms with Crippen LogP contribution >= 0.6 is 15.9 Å². The van der Waals surface area contributed by atoms with Gasteiger partial charge in [0.15, 0.2) is 0 Å². The highest BCUT2D eigenvalue weighted by Crippen LogP contribution is 2.25. The first-order chi connectivity index (χ1) is 9.79. The summed E-state index contributed by atoms with van der Waals surface area (Å²) in [7, 11) is 1.68. The Hall–Kier alpha value is -1.32. The molecule has 106 valence electrons. The second-order valence-corrected chi connectivity index (χ2v) is 5.59. The van der Waals surface area contributed by atoms with Gasteiger partial charge < -0.3 is 10.1 Å². The van der Waals surface area contributed by atoms with Gasteiger partial charge in [-0.2, -0.15) is 0 Å². The van der Waals surface area contributed by atoms with Gasteiger partial charge in [-0.25, -0.2) is 0 Å². The summed E-state index contributed by atoms with van der Waals surface area (Å²) < 4.78 is 6.23. The van der Waals surface area contributed by atoms with Gasteiger partial charge in [0, 0.05) is 6.54 Å². The van der Waals surface area contributed by atoms with Gasteiger partial charge >= 0.3 is 0 Å². The third-order valence-corrected chi connectivity index (χ3v) is 3.83. The van der Waals surface area contributed by atoms with Crippen molar-refractivity contribution in [3.05, 3.63) is 64.1 Å². The topological polar surface area (TPSA) is 21.3 Å². The molecule has 0 aliphatic rings. The van der Waals surface area contributed by atoms with E-state index in [9.17, 15) is 0 Å². The van der Waals surface area contributed by atoms with Crippen LogP contribution in [0, 0.1) is 0 Å². The average molecular weight is 334 g/mol. The van der Waals surface area contributed by atoms with Crippen molar-refractivity contribution in [1.29, 1.82) is 0 Å². The van der Waals surface area contributed by atoms with Crippen molar-refractivity contribution < 1.29 is 4.74 Å². The van der Waals surface area contributed by atoms with Crippen molar-refractivity contribution >= 4 is 15.9 Å². The lowest BCUT2D eigenvalue weighted by atomic mass is 10.1. The van der Waals surface area contributed by atoms with E-state index >= 15 is 0 Å². The third-order valence-electron chi connectivity index (χ3n) is 3.21. The number of methoxy groups -OCH3 is 1. The molecule has 0 atom stereocenters. The van der Waals surface area contributed by atoms with E-state index < -0.39 is 0 Å². The lowest BCUT2D eigenvalue weighted by Gasteiger charge is -2.08. The van der Waals surface area contributed by atoms with E-state index in [0.717, 1.165) is 36.2 Å². The zero-order valence-corrected chi connectivity index (χ0v) is 13.3. The van der Waals surface area contributed by atoms with Gasteiger partial charge in [-0.05, 0) is 58.6 Å². The Labute approximate surface area is 129 Å². The number of hydrogen-bond acceptors (Lipinski definition) is 2. The Morgan fingerprint density at radius 3 is 2.55 bits per heavy atom. The maximum atomic E-state index is 5.22. The average Bonchev–Trinajstić information content (AvgIpc) is 2.48. The summed E-state index contributed by atoms with van der Waals surface area (Å²) in [5.41, 5.74) is 2.67. The third kappa shape index (κ3) is 4.66. The first-order valence-electron chi connectivity index (χ1n) is 6.86. The van der Waals surface area contributed by atoms with Crippen molar-refractivity contribution in [2.75, 3.05) is 13.7 Å². The van der Waals surface area contributed by atoms with E-state index in [4.69, 9.17) is 4.74 Å². The van der Waals surface area contributed by atoms with Gasteiger partial charge in [0.2, 0.25) is 0 Å². The van der Waals surface area contributed by atoms with E-state index in [1.165, 1.54) is 11.1 Å². The maximum absolute atomic E-state index is 5.22. The molecule has 0 heterocycles. The summed E-state index contributed by atoms with van der Waals surface area (Å²) in [5, 5.41) is 3.47. The van der Waals surface area contributed by atoms with Gasteiger partial charge in [-0.3, -0.25) is 0 Å². The van der Waals surface area contributed by atoms with Crippen LogP contribution in [0.1, 0.15) is 17.5 Å². The predicted molar refractivity (Wildman–Crippen MR) is 87.2 cm³/mol. The number of nitrogens with one attached hydrogen (secondary N) is 1. The molecule has 2 aromatic carbocycles. The monoisotopic (exact) mass is 333 g/mol. The molecule has 3 heteroatoms. The maximum Gasteiger partial charge on any atom is 0.133 e. The standard InChI is InChI=1S/C17H20BrNO/c1-20-17-10-9-15(12-16(17)18)13-19-11-5-8-14-6-3-2-4-7-14/h2-4,6-7,9-10,12,19H,5,8,11,13H2,1H3. The van der Waals surface area contributed by atoms with Crippen molar-refractivity contribution in [2.45, 2.75) is 19.4 Å². The first kappa shape index (κ1) is 15.1. The summed E-state index contributed by atoms with van der Waals surface area (Å²) in [6, 6.07) is 16.8. The summed E-state index contributed by atoms with van der Waals surface area (Å²) in [6.07, 6.45) is 2.28. The molecule has 0 saturated heterocycles. The minimum absolute atomic E-state index is 0.873. The molecular weight excluding hydrogens is 314 g/mol. The minimum Gasteiger partial charge on any atom is -0.496 e. The van der Waals surface area contributed by atoms with Crippen LogP contribution in [-0.4, -0.2) is 13.7 Å². The van der Waals surface area contributed by atoms with Crippen LogP contribution in [0.2, 0.25) is 0 Å². The fourth-order valence-corrected chi connectivity index (χ4v) is 2.70. The molecule has 0 aromatic heterocycles. The number of hydrogen-bond donors (Lipinski definition) is 1. The van der Waals surface area contributed by atoms with Gasteiger partial charge in [-0.15, -0.1) is 0 Å². The van der Waals surface area contributed by atoms with E-state index in [1.807, 2.05) is 6.07 Å². The van der Waals surface area contributed by atoms with E-state index in [2.05, 4.69) is 63.7 Å². The van der Waals surface area contributed by atoms with Gasteiger partial charge in [0.1, 0.15) is 5.75 Å². The molecule has 0 amide bonds. The molecule has 1 N–H and O–H groups in total. The van der Waals surface area contributed by atoms with E-state index in [1.54, 1.807) is 7.11 Å². The van der Waals surface area contributed by atoms with Crippen LogP contribution in [0.4, 0.5) is 0 Å². The van der Waals surface area contributed by atoms with Gasteiger partial charge in [-0.1, -0.05) is 36.4 Å². The Kier molecular flexibility index (Phi) is 6.09.